The SMILES string of the molecule is O=C(O)CCC(NCc1cn[nH]c1-c1cccs1)c1cccc(Cl)c1. The maximum Gasteiger partial charge on any atom is 0.303 e. The Morgan fingerprint density at radius 3 is 2.96 bits per heavy atom. The minimum Gasteiger partial charge on any atom is -0.481 e. The molecule has 0 saturated heterocycles. The Morgan fingerprint density at radius 1 is 1.36 bits per heavy atom. The number of benzene rings is 1. The minimum absolute atomic E-state index is 0.0906. The highest BCUT2D eigenvalue weighted by Gasteiger charge is 2.15. The molecule has 3 aromatic rings. The van der Waals surface area contributed by atoms with Crippen LogP contribution in [-0.4, -0.2) is 21.3 Å². The van der Waals surface area contributed by atoms with Gasteiger partial charge in [-0.1, -0.05) is 29.8 Å². The number of thiophene rings is 1. The summed E-state index contributed by atoms with van der Waals surface area (Å²) >= 11 is 7.73. The van der Waals surface area contributed by atoms with E-state index in [-0.39, 0.29) is 12.5 Å². The average molecular weight is 376 g/mol. The molecule has 3 rings (SSSR count). The predicted octanol–water partition coefficient (Wildman–Crippen LogP) is 4.49. The summed E-state index contributed by atoms with van der Waals surface area (Å²) in [5.74, 6) is -0.809. The first-order valence-corrected chi connectivity index (χ1v) is 9.16. The number of carboxylic acid groups (broad SMARTS) is 1. The highest BCUT2D eigenvalue weighted by atomic mass is 35.5. The van der Waals surface area contributed by atoms with E-state index in [0.717, 1.165) is 21.7 Å². The van der Waals surface area contributed by atoms with Gasteiger partial charge in [0.1, 0.15) is 0 Å². The van der Waals surface area contributed by atoms with Crippen molar-refractivity contribution in [1.82, 2.24) is 15.5 Å². The number of hydrogen-bond donors (Lipinski definition) is 3. The molecule has 2 heterocycles. The van der Waals surface area contributed by atoms with Gasteiger partial charge in [0.05, 0.1) is 16.8 Å². The molecule has 7 heteroatoms. The molecule has 3 N–H and O–H groups in total. The number of rotatable bonds is 8. The van der Waals surface area contributed by atoms with E-state index in [2.05, 4.69) is 15.5 Å². The molecule has 5 nitrogen and oxygen atoms in total. The third-order valence-corrected chi connectivity index (χ3v) is 5.04. The van der Waals surface area contributed by atoms with Gasteiger partial charge in [0.2, 0.25) is 0 Å². The maximum atomic E-state index is 11.0. The van der Waals surface area contributed by atoms with Crippen LogP contribution in [0.4, 0.5) is 0 Å². The summed E-state index contributed by atoms with van der Waals surface area (Å²) in [5, 5.41) is 22.3. The molecule has 130 valence electrons. The molecule has 0 saturated carbocycles. The number of halogens is 1. The van der Waals surface area contributed by atoms with Crippen LogP contribution in [0.15, 0.2) is 48.0 Å². The van der Waals surface area contributed by atoms with E-state index >= 15 is 0 Å². The van der Waals surface area contributed by atoms with Gasteiger partial charge in [0.25, 0.3) is 0 Å². The monoisotopic (exact) mass is 375 g/mol. The normalized spacial score (nSPS) is 12.2. The van der Waals surface area contributed by atoms with Gasteiger partial charge in [0, 0.05) is 29.6 Å². The molecule has 1 aromatic carbocycles. The third kappa shape index (κ3) is 4.69. The first-order valence-electron chi connectivity index (χ1n) is 7.90. The van der Waals surface area contributed by atoms with Crippen molar-refractivity contribution in [3.05, 3.63) is 64.1 Å². The second-order valence-corrected chi connectivity index (χ2v) is 7.05. The molecule has 0 aliphatic rings. The Balaban J connectivity index is 1.75. The Bertz CT molecular complexity index is 832. The molecule has 0 radical (unpaired) electrons. The lowest BCUT2D eigenvalue weighted by molar-refractivity contribution is -0.137. The van der Waals surface area contributed by atoms with Crippen molar-refractivity contribution in [1.29, 1.82) is 0 Å². The third-order valence-electron chi connectivity index (χ3n) is 3.92. The smallest absolute Gasteiger partial charge is 0.303 e. The standard InChI is InChI=1S/C18H18ClN3O2S/c19-14-4-1-3-12(9-14)15(6-7-17(23)24)20-10-13-11-21-22-18(13)16-5-2-8-25-16/h1-5,8-9,11,15,20H,6-7,10H2,(H,21,22)(H,23,24). The summed E-state index contributed by atoms with van der Waals surface area (Å²) in [6.07, 6.45) is 2.38. The van der Waals surface area contributed by atoms with E-state index in [1.54, 1.807) is 17.5 Å². The molecule has 2 aromatic heterocycles. The van der Waals surface area contributed by atoms with Crippen LogP contribution in [0.3, 0.4) is 0 Å². The first kappa shape index (κ1) is 17.7. The van der Waals surface area contributed by atoms with Gasteiger partial charge in [-0.3, -0.25) is 9.89 Å². The van der Waals surface area contributed by atoms with Crippen molar-refractivity contribution in [2.75, 3.05) is 0 Å². The van der Waals surface area contributed by atoms with Gasteiger partial charge >= 0.3 is 5.97 Å². The average Bonchev–Trinajstić information content (AvgIpc) is 3.25. The Morgan fingerprint density at radius 2 is 2.24 bits per heavy atom. The van der Waals surface area contributed by atoms with Crippen molar-refractivity contribution in [2.45, 2.75) is 25.4 Å². The number of aromatic amines is 1. The molecular formula is C18H18ClN3O2S. The van der Waals surface area contributed by atoms with Crippen molar-refractivity contribution < 1.29 is 9.90 Å². The summed E-state index contributed by atoms with van der Waals surface area (Å²) in [6.45, 7) is 0.584. The second-order valence-electron chi connectivity index (χ2n) is 5.67. The Labute approximate surface area is 154 Å². The van der Waals surface area contributed by atoms with Gasteiger partial charge in [0.15, 0.2) is 0 Å². The summed E-state index contributed by atoms with van der Waals surface area (Å²) in [7, 11) is 0. The molecular weight excluding hydrogens is 358 g/mol. The van der Waals surface area contributed by atoms with E-state index in [1.807, 2.05) is 41.8 Å². The fraction of sp³-hybridized carbons (Fsp3) is 0.222. The molecule has 0 bridgehead atoms. The Hall–Kier alpha value is -2.15. The van der Waals surface area contributed by atoms with Crippen molar-refractivity contribution in [3.8, 4) is 10.6 Å². The predicted molar refractivity (Wildman–Crippen MR) is 99.8 cm³/mol. The number of carboxylic acids is 1. The number of nitrogens with zero attached hydrogens (tertiary/aromatic N) is 1. The van der Waals surface area contributed by atoms with Crippen LogP contribution in [0.1, 0.15) is 30.0 Å². The quantitative estimate of drug-likeness (QED) is 0.542. The highest BCUT2D eigenvalue weighted by molar-refractivity contribution is 7.13. The lowest BCUT2D eigenvalue weighted by Crippen LogP contribution is -2.22. The lowest BCUT2D eigenvalue weighted by Gasteiger charge is -2.19. The summed E-state index contributed by atoms with van der Waals surface area (Å²) in [4.78, 5) is 12.1. The van der Waals surface area contributed by atoms with Gasteiger partial charge in [-0.2, -0.15) is 5.10 Å². The van der Waals surface area contributed by atoms with Crippen LogP contribution in [0, 0.1) is 0 Å². The zero-order valence-electron chi connectivity index (χ0n) is 13.4. The largest absolute Gasteiger partial charge is 0.481 e. The molecule has 0 spiro atoms. The molecule has 1 atom stereocenters. The number of aromatic nitrogens is 2. The van der Waals surface area contributed by atoms with E-state index in [1.165, 1.54) is 0 Å². The van der Waals surface area contributed by atoms with Crippen LogP contribution in [0.25, 0.3) is 10.6 Å². The van der Waals surface area contributed by atoms with Crippen LogP contribution >= 0.6 is 22.9 Å². The van der Waals surface area contributed by atoms with Crippen molar-refractivity contribution in [2.24, 2.45) is 0 Å². The summed E-state index contributed by atoms with van der Waals surface area (Å²) in [6, 6.07) is 11.5. The van der Waals surface area contributed by atoms with E-state index < -0.39 is 5.97 Å². The zero-order valence-corrected chi connectivity index (χ0v) is 15.0. The van der Waals surface area contributed by atoms with E-state index in [0.29, 0.717) is 18.0 Å². The number of nitrogens with one attached hydrogen (secondary N) is 2. The number of H-pyrrole nitrogens is 1. The van der Waals surface area contributed by atoms with Crippen LogP contribution in [-0.2, 0) is 11.3 Å². The molecule has 0 aliphatic carbocycles. The molecule has 25 heavy (non-hydrogen) atoms. The van der Waals surface area contributed by atoms with Crippen LogP contribution in [0.5, 0.6) is 0 Å². The Kier molecular flexibility index (Phi) is 5.86. The van der Waals surface area contributed by atoms with Crippen LogP contribution in [0.2, 0.25) is 5.02 Å². The zero-order chi connectivity index (χ0) is 17.6. The maximum absolute atomic E-state index is 11.0. The number of aliphatic carboxylic acids is 1. The van der Waals surface area contributed by atoms with Gasteiger partial charge in [-0.15, -0.1) is 11.3 Å². The summed E-state index contributed by atoms with van der Waals surface area (Å²) in [5.41, 5.74) is 3.02. The number of carbonyl (C=O) groups is 1. The fourth-order valence-corrected chi connectivity index (χ4v) is 3.64. The molecule has 1 unspecified atom stereocenters. The van der Waals surface area contributed by atoms with Gasteiger partial charge in [-0.25, -0.2) is 0 Å². The van der Waals surface area contributed by atoms with Crippen molar-refractivity contribution >= 4 is 28.9 Å². The summed E-state index contributed by atoms with van der Waals surface area (Å²) < 4.78 is 0. The minimum atomic E-state index is -0.809. The van der Waals surface area contributed by atoms with Crippen LogP contribution < -0.4 is 5.32 Å². The first-order chi connectivity index (χ1) is 12.1. The fourth-order valence-electron chi connectivity index (χ4n) is 2.69. The van der Waals surface area contributed by atoms with Crippen molar-refractivity contribution in [3.63, 3.8) is 0 Å². The topological polar surface area (TPSA) is 78.0 Å². The molecule has 0 aliphatic heterocycles. The van der Waals surface area contributed by atoms with Gasteiger partial charge in [-0.05, 0) is 35.6 Å². The second kappa shape index (κ2) is 8.29. The van der Waals surface area contributed by atoms with E-state index in [4.69, 9.17) is 16.7 Å². The molecule has 0 fully saturated rings. The van der Waals surface area contributed by atoms with E-state index in [9.17, 15) is 4.79 Å². The number of hydrogen-bond acceptors (Lipinski definition) is 4. The highest BCUT2D eigenvalue weighted by Crippen LogP contribution is 2.27. The van der Waals surface area contributed by atoms with Gasteiger partial charge < -0.3 is 10.4 Å². The lowest BCUT2D eigenvalue weighted by atomic mass is 10.0. The molecule has 0 amide bonds.